The number of piperidine rings is 1. The van der Waals surface area contributed by atoms with Gasteiger partial charge in [0.2, 0.25) is 17.9 Å². The number of aromatic nitrogens is 4. The summed E-state index contributed by atoms with van der Waals surface area (Å²) in [6, 6.07) is 7.35. The summed E-state index contributed by atoms with van der Waals surface area (Å²) in [5.74, 6) is -0.978. The van der Waals surface area contributed by atoms with Gasteiger partial charge in [0.1, 0.15) is 11.9 Å². The second kappa shape index (κ2) is 11.4. The lowest BCUT2D eigenvalue weighted by Crippen LogP contribution is -2.46. The van der Waals surface area contributed by atoms with Gasteiger partial charge in [-0.1, -0.05) is 26.0 Å². The Kier molecular flexibility index (Phi) is 8.06. The van der Waals surface area contributed by atoms with E-state index in [1.54, 1.807) is 31.3 Å². The van der Waals surface area contributed by atoms with E-state index >= 15 is 0 Å². The summed E-state index contributed by atoms with van der Waals surface area (Å²) in [5, 5.41) is 17.1. The van der Waals surface area contributed by atoms with Crippen molar-refractivity contribution in [1.29, 1.82) is 0 Å². The van der Waals surface area contributed by atoms with Crippen LogP contribution in [0.3, 0.4) is 0 Å². The average Bonchev–Trinajstić information content (AvgIpc) is 3.54. The number of carboxylic acid groups (broad SMARTS) is 1. The fourth-order valence-electron chi connectivity index (χ4n) is 6.33. The zero-order valence-electron chi connectivity index (χ0n) is 23.9. The van der Waals surface area contributed by atoms with Crippen molar-refractivity contribution >= 4 is 17.7 Å². The molecule has 2 aromatic heterocycles. The predicted octanol–water partition coefficient (Wildman–Crippen LogP) is 4.61. The van der Waals surface area contributed by atoms with Gasteiger partial charge in [0.05, 0.1) is 11.4 Å². The Morgan fingerprint density at radius 3 is 2.55 bits per heavy atom. The second-order valence-corrected chi connectivity index (χ2v) is 11.2. The number of nitrogens with one attached hydrogen (secondary N) is 1. The van der Waals surface area contributed by atoms with Gasteiger partial charge in [-0.2, -0.15) is 28.2 Å². The van der Waals surface area contributed by atoms with E-state index in [2.05, 4.69) is 20.4 Å². The minimum Gasteiger partial charge on any atom is -0.480 e. The van der Waals surface area contributed by atoms with E-state index in [1.165, 1.54) is 16.8 Å². The lowest BCUT2D eigenvalue weighted by atomic mass is 9.71. The molecule has 0 saturated carbocycles. The first-order valence-electron chi connectivity index (χ1n) is 14.2. The van der Waals surface area contributed by atoms with Crippen LogP contribution >= 0.6 is 0 Å². The number of carboxylic acids is 1. The Morgan fingerprint density at radius 2 is 1.95 bits per heavy atom. The highest BCUT2D eigenvalue weighted by atomic mass is 19.4. The number of carbonyl (C=O) groups is 1. The number of anilines is 2. The topological polar surface area (TPSA) is 131 Å². The smallest absolute Gasteiger partial charge is 0.429 e. The summed E-state index contributed by atoms with van der Waals surface area (Å²) >= 11 is 0. The minimum atomic E-state index is -4.77. The SMILES string of the molecule is CCc1ccc([C@@H](Oc2cc(N3CCC4(CC3)CC(C(=O)O)NC4CC)nc(N)n2)C(F)(F)F)c(-n2ccc(C)n2)c1. The molecule has 1 spiro atoms. The lowest BCUT2D eigenvalue weighted by molar-refractivity contribution is -0.198. The molecule has 0 bridgehead atoms. The van der Waals surface area contributed by atoms with Gasteiger partial charge in [-0.3, -0.25) is 4.79 Å². The quantitative estimate of drug-likeness (QED) is 0.346. The maximum absolute atomic E-state index is 14.6. The molecule has 4 N–H and O–H groups in total. The average molecular weight is 588 g/mol. The third-order valence-corrected chi connectivity index (χ3v) is 8.54. The largest absolute Gasteiger partial charge is 0.480 e. The Labute approximate surface area is 242 Å². The van der Waals surface area contributed by atoms with Crippen molar-refractivity contribution in [1.82, 2.24) is 25.1 Å². The fraction of sp³-hybridized carbons (Fsp3) is 0.517. The van der Waals surface area contributed by atoms with Crippen LogP contribution in [0.25, 0.3) is 5.69 Å². The minimum absolute atomic E-state index is 0.0783. The third kappa shape index (κ3) is 5.87. The Balaban J connectivity index is 1.41. The van der Waals surface area contributed by atoms with E-state index < -0.39 is 24.3 Å². The predicted molar refractivity (Wildman–Crippen MR) is 151 cm³/mol. The molecule has 0 radical (unpaired) electrons. The molecule has 10 nitrogen and oxygen atoms in total. The molecule has 13 heteroatoms. The number of nitrogens with two attached hydrogens (primary N) is 1. The molecule has 226 valence electrons. The van der Waals surface area contributed by atoms with Crippen molar-refractivity contribution in [3.8, 4) is 11.6 Å². The molecule has 4 heterocycles. The summed E-state index contributed by atoms with van der Waals surface area (Å²) in [6.07, 6.45) is -2.08. The summed E-state index contributed by atoms with van der Waals surface area (Å²) in [7, 11) is 0. The standard InChI is InChI=1S/C29H36F3N7O3/c1-4-18-6-7-19(21(14-18)39-11-8-17(3)37-39)25(29(30,31)32)42-24-15-23(35-27(33)36-24)38-12-9-28(10-13-38)16-20(26(40)41)34-22(28)5-2/h6-8,11,14-15,20,22,25,34H,4-5,9-10,12-13,16H2,1-3H3,(H,40,41)(H2,33,35,36)/t20?,22?,25-/m1/s1. The summed E-state index contributed by atoms with van der Waals surface area (Å²) in [6.45, 7) is 6.82. The molecule has 2 aliphatic heterocycles. The van der Waals surface area contributed by atoms with Crippen LogP contribution in [0, 0.1) is 12.3 Å². The van der Waals surface area contributed by atoms with Crippen LogP contribution in [0.2, 0.25) is 0 Å². The number of nitrogen functional groups attached to an aromatic ring is 1. The molecule has 1 aromatic carbocycles. The number of benzene rings is 1. The van der Waals surface area contributed by atoms with Crippen LogP contribution < -0.4 is 20.7 Å². The van der Waals surface area contributed by atoms with E-state index in [4.69, 9.17) is 10.5 Å². The molecule has 0 aliphatic carbocycles. The zero-order chi connectivity index (χ0) is 30.2. The van der Waals surface area contributed by atoms with Gasteiger partial charge < -0.3 is 25.8 Å². The maximum atomic E-state index is 14.6. The van der Waals surface area contributed by atoms with Crippen LogP contribution in [0.5, 0.6) is 5.88 Å². The summed E-state index contributed by atoms with van der Waals surface area (Å²) in [4.78, 5) is 21.9. The molecular weight excluding hydrogens is 551 g/mol. The molecule has 2 aliphatic rings. The molecule has 2 saturated heterocycles. The van der Waals surface area contributed by atoms with Crippen LogP contribution in [0.1, 0.15) is 62.5 Å². The maximum Gasteiger partial charge on any atom is 0.429 e. The molecule has 0 amide bonds. The van der Waals surface area contributed by atoms with Gasteiger partial charge in [0.15, 0.2) is 0 Å². The number of aliphatic carboxylic acids is 1. The first-order chi connectivity index (χ1) is 19.9. The third-order valence-electron chi connectivity index (χ3n) is 8.54. The molecule has 42 heavy (non-hydrogen) atoms. The van der Waals surface area contributed by atoms with Crippen LogP contribution in [0.15, 0.2) is 36.5 Å². The van der Waals surface area contributed by atoms with Crippen molar-refractivity contribution in [3.05, 3.63) is 53.3 Å². The number of aryl methyl sites for hydroxylation is 2. The molecule has 5 rings (SSSR count). The number of hydrogen-bond acceptors (Lipinski definition) is 8. The highest BCUT2D eigenvalue weighted by Crippen LogP contribution is 2.46. The number of ether oxygens (including phenoxy) is 1. The van der Waals surface area contributed by atoms with E-state index in [-0.39, 0.29) is 34.5 Å². The first-order valence-corrected chi connectivity index (χ1v) is 14.2. The zero-order valence-corrected chi connectivity index (χ0v) is 23.9. The normalized spacial score (nSPS) is 21.0. The summed E-state index contributed by atoms with van der Waals surface area (Å²) in [5.41, 5.74) is 7.49. The van der Waals surface area contributed by atoms with Crippen LogP contribution in [0.4, 0.5) is 24.9 Å². The highest BCUT2D eigenvalue weighted by Gasteiger charge is 2.50. The monoisotopic (exact) mass is 587 g/mol. The lowest BCUT2D eigenvalue weighted by Gasteiger charge is -2.43. The number of hydrogen-bond donors (Lipinski definition) is 3. The molecule has 2 unspecified atom stereocenters. The van der Waals surface area contributed by atoms with Gasteiger partial charge in [-0.15, -0.1) is 0 Å². The summed E-state index contributed by atoms with van der Waals surface area (Å²) < 4.78 is 50.7. The van der Waals surface area contributed by atoms with Crippen molar-refractivity contribution in [2.24, 2.45) is 5.41 Å². The number of nitrogens with zero attached hydrogens (tertiary/aromatic N) is 5. The Morgan fingerprint density at radius 1 is 1.21 bits per heavy atom. The van der Waals surface area contributed by atoms with E-state index in [0.717, 1.165) is 12.0 Å². The molecule has 3 aromatic rings. The first kappa shape index (κ1) is 29.6. The van der Waals surface area contributed by atoms with Crippen molar-refractivity contribution in [2.75, 3.05) is 23.7 Å². The highest BCUT2D eigenvalue weighted by molar-refractivity contribution is 5.74. The van der Waals surface area contributed by atoms with E-state index in [0.29, 0.717) is 50.3 Å². The van der Waals surface area contributed by atoms with Gasteiger partial charge in [0, 0.05) is 37.0 Å². The number of rotatable bonds is 8. The molecule has 2 fully saturated rings. The van der Waals surface area contributed by atoms with Crippen molar-refractivity contribution in [2.45, 2.75) is 77.2 Å². The Hall–Kier alpha value is -3.87. The van der Waals surface area contributed by atoms with Gasteiger partial charge in [-0.25, -0.2) is 4.68 Å². The van der Waals surface area contributed by atoms with Crippen molar-refractivity contribution < 1.29 is 27.8 Å². The van der Waals surface area contributed by atoms with E-state index in [9.17, 15) is 23.1 Å². The Bertz CT molecular complexity index is 1440. The number of alkyl halides is 3. The van der Waals surface area contributed by atoms with Crippen LogP contribution in [-0.2, 0) is 11.2 Å². The van der Waals surface area contributed by atoms with E-state index in [1.807, 2.05) is 18.7 Å². The second-order valence-electron chi connectivity index (χ2n) is 11.2. The van der Waals surface area contributed by atoms with Crippen molar-refractivity contribution in [3.63, 3.8) is 0 Å². The van der Waals surface area contributed by atoms with Gasteiger partial charge in [0.25, 0.3) is 0 Å². The number of halogens is 3. The molecule has 3 atom stereocenters. The molecular formula is C29H36F3N7O3. The van der Waals surface area contributed by atoms with Gasteiger partial charge >= 0.3 is 12.1 Å². The fourth-order valence-corrected chi connectivity index (χ4v) is 6.33. The van der Waals surface area contributed by atoms with Gasteiger partial charge in [-0.05, 0) is 62.1 Å². The van der Waals surface area contributed by atoms with Crippen LogP contribution in [-0.4, -0.2) is 62.2 Å².